The van der Waals surface area contributed by atoms with Crippen LogP contribution in [0.15, 0.2) is 54.6 Å². The molecule has 0 aliphatic carbocycles. The summed E-state index contributed by atoms with van der Waals surface area (Å²) in [6.07, 6.45) is 0. The molecule has 0 aliphatic heterocycles. The zero-order valence-corrected chi connectivity index (χ0v) is 11.7. The third kappa shape index (κ3) is 4.22. The van der Waals surface area contributed by atoms with Crippen molar-refractivity contribution < 1.29 is 14.7 Å². The van der Waals surface area contributed by atoms with Gasteiger partial charge in [0.25, 0.3) is 5.91 Å². The van der Waals surface area contributed by atoms with E-state index in [0.29, 0.717) is 11.4 Å². The van der Waals surface area contributed by atoms with Crippen molar-refractivity contribution in [3.63, 3.8) is 0 Å². The summed E-state index contributed by atoms with van der Waals surface area (Å²) < 4.78 is 0. The molecule has 0 aromatic heterocycles. The number of nitrogens with one attached hydrogen (secondary N) is 2. The number of hydrogen-bond donors (Lipinski definition) is 3. The minimum absolute atomic E-state index is 0.0925. The summed E-state index contributed by atoms with van der Waals surface area (Å²) in [4.78, 5) is 22.8. The third-order valence-corrected chi connectivity index (χ3v) is 2.98. The molecule has 2 aromatic rings. The molecule has 5 nitrogen and oxygen atoms in total. The van der Waals surface area contributed by atoms with Crippen LogP contribution in [0.4, 0.5) is 11.4 Å². The van der Waals surface area contributed by atoms with E-state index >= 15 is 0 Å². The molecule has 0 aliphatic rings. The fraction of sp³-hybridized carbons (Fsp3) is 0.0667. The van der Waals surface area contributed by atoms with Gasteiger partial charge in [0.2, 0.25) is 0 Å². The van der Waals surface area contributed by atoms with Crippen LogP contribution in [0.2, 0.25) is 0 Å². The summed E-state index contributed by atoms with van der Waals surface area (Å²) in [5.74, 6) is -1.53. The molecule has 0 saturated heterocycles. The molecule has 108 valence electrons. The fourth-order valence-corrected chi connectivity index (χ4v) is 1.86. The number of carboxylic acids is 1. The van der Waals surface area contributed by atoms with E-state index in [-0.39, 0.29) is 5.56 Å². The average molecular weight is 305 g/mol. The number of halogens is 1. The highest BCUT2D eigenvalue weighted by Crippen LogP contribution is 2.14. The molecule has 2 rings (SSSR count). The topological polar surface area (TPSA) is 78.4 Å². The molecule has 21 heavy (non-hydrogen) atoms. The van der Waals surface area contributed by atoms with Gasteiger partial charge >= 0.3 is 5.97 Å². The zero-order valence-electron chi connectivity index (χ0n) is 10.9. The maximum absolute atomic E-state index is 11.9. The SMILES string of the molecule is O=C(O)c1cccc(NC(=O)C(Cl)Nc2ccccc2)c1. The van der Waals surface area contributed by atoms with Crippen LogP contribution >= 0.6 is 11.6 Å². The van der Waals surface area contributed by atoms with Crippen LogP contribution in [-0.4, -0.2) is 22.5 Å². The summed E-state index contributed by atoms with van der Waals surface area (Å²) in [5, 5.41) is 14.3. The first-order valence-corrected chi connectivity index (χ1v) is 6.60. The monoisotopic (exact) mass is 304 g/mol. The standard InChI is InChI=1S/C15H13ClN2O3/c16-13(17-11-6-2-1-3-7-11)14(19)18-12-8-4-5-10(9-12)15(20)21/h1-9,13,17H,(H,18,19)(H,20,21). The van der Waals surface area contributed by atoms with Crippen molar-refractivity contribution in [1.82, 2.24) is 0 Å². The Labute approximate surface area is 126 Å². The number of rotatable bonds is 5. The molecular formula is C15H13ClN2O3. The normalized spacial score (nSPS) is 11.5. The first kappa shape index (κ1) is 14.9. The molecule has 0 saturated carbocycles. The van der Waals surface area contributed by atoms with E-state index in [2.05, 4.69) is 10.6 Å². The lowest BCUT2D eigenvalue weighted by Crippen LogP contribution is -2.29. The maximum Gasteiger partial charge on any atom is 0.335 e. The Balaban J connectivity index is 2.00. The number of carboxylic acid groups (broad SMARTS) is 1. The van der Waals surface area contributed by atoms with E-state index in [1.54, 1.807) is 24.3 Å². The Hall–Kier alpha value is -2.53. The quantitative estimate of drug-likeness (QED) is 0.586. The van der Waals surface area contributed by atoms with Crippen molar-refractivity contribution in [3.05, 3.63) is 60.2 Å². The lowest BCUT2D eigenvalue weighted by atomic mass is 10.2. The Morgan fingerprint density at radius 1 is 1.00 bits per heavy atom. The fourth-order valence-electron chi connectivity index (χ4n) is 1.68. The van der Waals surface area contributed by atoms with Crippen molar-refractivity contribution >= 4 is 34.9 Å². The number of carbonyl (C=O) groups excluding carboxylic acids is 1. The number of benzene rings is 2. The molecule has 0 bridgehead atoms. The van der Waals surface area contributed by atoms with Gasteiger partial charge < -0.3 is 15.7 Å². The van der Waals surface area contributed by atoms with Gasteiger partial charge in [-0.05, 0) is 30.3 Å². The molecular weight excluding hydrogens is 292 g/mol. The van der Waals surface area contributed by atoms with E-state index in [4.69, 9.17) is 16.7 Å². The number of anilines is 2. The summed E-state index contributed by atoms with van der Waals surface area (Å²) in [5.41, 5.74) is 0.211. The first-order valence-electron chi connectivity index (χ1n) is 6.16. The zero-order chi connectivity index (χ0) is 15.2. The number of amides is 1. The maximum atomic E-state index is 11.9. The summed E-state index contributed by atoms with van der Waals surface area (Å²) in [6, 6.07) is 15.0. The predicted octanol–water partition coefficient (Wildman–Crippen LogP) is 3.00. The minimum Gasteiger partial charge on any atom is -0.478 e. The van der Waals surface area contributed by atoms with E-state index in [1.807, 2.05) is 18.2 Å². The van der Waals surface area contributed by atoms with Gasteiger partial charge in [-0.25, -0.2) is 4.79 Å². The van der Waals surface area contributed by atoms with Crippen molar-refractivity contribution in [2.24, 2.45) is 0 Å². The van der Waals surface area contributed by atoms with Crippen molar-refractivity contribution in [2.75, 3.05) is 10.6 Å². The predicted molar refractivity (Wildman–Crippen MR) is 81.7 cm³/mol. The van der Waals surface area contributed by atoms with Crippen molar-refractivity contribution in [1.29, 1.82) is 0 Å². The Kier molecular flexibility index (Phi) is 4.79. The number of para-hydroxylation sites is 1. The van der Waals surface area contributed by atoms with E-state index in [1.165, 1.54) is 12.1 Å². The van der Waals surface area contributed by atoms with Gasteiger partial charge in [0.15, 0.2) is 5.50 Å². The van der Waals surface area contributed by atoms with Gasteiger partial charge in [-0.1, -0.05) is 35.9 Å². The van der Waals surface area contributed by atoms with E-state index in [0.717, 1.165) is 0 Å². The Bertz CT molecular complexity index is 646. The largest absolute Gasteiger partial charge is 0.478 e. The van der Waals surface area contributed by atoms with Gasteiger partial charge in [-0.2, -0.15) is 0 Å². The van der Waals surface area contributed by atoms with Gasteiger partial charge in [0.05, 0.1) is 5.56 Å². The lowest BCUT2D eigenvalue weighted by Gasteiger charge is -2.13. The van der Waals surface area contributed by atoms with E-state index < -0.39 is 17.4 Å². The number of carbonyl (C=O) groups is 2. The summed E-state index contributed by atoms with van der Waals surface area (Å²) in [6.45, 7) is 0. The second-order valence-corrected chi connectivity index (χ2v) is 4.68. The molecule has 0 heterocycles. The number of hydrogen-bond acceptors (Lipinski definition) is 3. The number of alkyl halides is 1. The lowest BCUT2D eigenvalue weighted by molar-refractivity contribution is -0.115. The second kappa shape index (κ2) is 6.76. The van der Waals surface area contributed by atoms with Crippen LogP contribution in [0.25, 0.3) is 0 Å². The molecule has 0 fully saturated rings. The smallest absolute Gasteiger partial charge is 0.335 e. The molecule has 0 spiro atoms. The average Bonchev–Trinajstić information content (AvgIpc) is 2.48. The van der Waals surface area contributed by atoms with Crippen LogP contribution in [0.3, 0.4) is 0 Å². The summed E-state index contributed by atoms with van der Waals surface area (Å²) in [7, 11) is 0. The summed E-state index contributed by atoms with van der Waals surface area (Å²) >= 11 is 5.98. The molecule has 6 heteroatoms. The molecule has 2 aromatic carbocycles. The third-order valence-electron chi connectivity index (χ3n) is 2.67. The van der Waals surface area contributed by atoms with Crippen LogP contribution in [0.1, 0.15) is 10.4 Å². The molecule has 1 unspecified atom stereocenters. The Morgan fingerprint density at radius 2 is 1.67 bits per heavy atom. The highest BCUT2D eigenvalue weighted by atomic mass is 35.5. The molecule has 0 radical (unpaired) electrons. The molecule has 1 amide bonds. The van der Waals surface area contributed by atoms with Crippen LogP contribution in [-0.2, 0) is 4.79 Å². The van der Waals surface area contributed by atoms with E-state index in [9.17, 15) is 9.59 Å². The van der Waals surface area contributed by atoms with Gasteiger partial charge in [-0.15, -0.1) is 0 Å². The highest BCUT2D eigenvalue weighted by Gasteiger charge is 2.15. The van der Waals surface area contributed by atoms with Crippen LogP contribution in [0.5, 0.6) is 0 Å². The van der Waals surface area contributed by atoms with Crippen molar-refractivity contribution in [2.45, 2.75) is 5.50 Å². The van der Waals surface area contributed by atoms with Gasteiger partial charge in [0.1, 0.15) is 0 Å². The highest BCUT2D eigenvalue weighted by molar-refractivity contribution is 6.33. The van der Waals surface area contributed by atoms with Crippen molar-refractivity contribution in [3.8, 4) is 0 Å². The number of aromatic carboxylic acids is 1. The molecule has 3 N–H and O–H groups in total. The second-order valence-electron chi connectivity index (χ2n) is 4.25. The molecule has 1 atom stereocenters. The van der Waals surface area contributed by atoms with Crippen LogP contribution in [0, 0.1) is 0 Å². The Morgan fingerprint density at radius 3 is 2.33 bits per heavy atom. The van der Waals surface area contributed by atoms with Gasteiger partial charge in [0, 0.05) is 11.4 Å². The first-order chi connectivity index (χ1) is 10.1. The minimum atomic E-state index is -1.06. The van der Waals surface area contributed by atoms with Crippen LogP contribution < -0.4 is 10.6 Å². The van der Waals surface area contributed by atoms with Gasteiger partial charge in [-0.3, -0.25) is 4.79 Å².